The van der Waals surface area contributed by atoms with E-state index in [9.17, 15) is 30.0 Å². The first kappa shape index (κ1) is 31.8. The maximum Gasteiger partial charge on any atom is 0.217 e. The van der Waals surface area contributed by atoms with Gasteiger partial charge in [0.2, 0.25) is 11.8 Å². The molecule has 2 amide bonds. The molecule has 6 unspecified atom stereocenters. The van der Waals surface area contributed by atoms with Gasteiger partial charge in [-0.3, -0.25) is 9.59 Å². The molecular weight excluding hydrogens is 492 g/mol. The zero-order chi connectivity index (χ0) is 27.5. The van der Waals surface area contributed by atoms with E-state index in [1.165, 1.54) is 13.8 Å². The predicted octanol–water partition coefficient (Wildman–Crippen LogP) is -1.46. The number of hydrogen-bond donors (Lipinski definition) is 6. The van der Waals surface area contributed by atoms with Crippen LogP contribution in [0.2, 0.25) is 0 Å². The Hall–Kier alpha value is -1.42. The summed E-state index contributed by atoms with van der Waals surface area (Å²) >= 11 is 0. The fraction of sp³-hybridized carbons (Fsp3) is 0.917. The van der Waals surface area contributed by atoms with Gasteiger partial charge >= 0.3 is 0 Å². The molecule has 0 radical (unpaired) electrons. The summed E-state index contributed by atoms with van der Waals surface area (Å²) in [5, 5.41) is 46.6. The summed E-state index contributed by atoms with van der Waals surface area (Å²) in [6.45, 7) is 6.70. The van der Waals surface area contributed by atoms with Crippen LogP contribution in [0.25, 0.3) is 0 Å². The van der Waals surface area contributed by atoms with Crippen molar-refractivity contribution in [1.29, 1.82) is 0 Å². The molecule has 0 aromatic carbocycles. The van der Waals surface area contributed by atoms with Gasteiger partial charge in [-0.1, -0.05) is 26.7 Å². The largest absolute Gasteiger partial charge is 0.394 e. The van der Waals surface area contributed by atoms with Crippen LogP contribution in [-0.4, -0.2) is 120 Å². The Morgan fingerprint density at radius 3 is 2.05 bits per heavy atom. The molecule has 6 N–H and O–H groups in total. The van der Waals surface area contributed by atoms with Gasteiger partial charge in [-0.25, -0.2) is 0 Å². The number of unbranched alkanes of at least 4 members (excludes halogenated alkanes) is 2. The molecule has 216 valence electrons. The molecule has 0 aromatic rings. The lowest BCUT2D eigenvalue weighted by atomic mass is 9.94. The van der Waals surface area contributed by atoms with Crippen LogP contribution in [-0.2, 0) is 33.3 Å². The second-order valence-corrected chi connectivity index (χ2v) is 9.44. The Morgan fingerprint density at radius 1 is 0.838 bits per heavy atom. The van der Waals surface area contributed by atoms with Crippen LogP contribution < -0.4 is 10.6 Å². The molecule has 2 heterocycles. The van der Waals surface area contributed by atoms with Crippen LogP contribution in [0.5, 0.6) is 0 Å². The third-order valence-electron chi connectivity index (χ3n) is 6.31. The van der Waals surface area contributed by atoms with Gasteiger partial charge in [0.05, 0.1) is 13.2 Å². The highest BCUT2D eigenvalue weighted by Crippen LogP contribution is 2.30. The second-order valence-electron chi connectivity index (χ2n) is 9.44. The van der Waals surface area contributed by atoms with Gasteiger partial charge in [0, 0.05) is 27.1 Å². The van der Waals surface area contributed by atoms with E-state index in [1.54, 1.807) is 0 Å². The molecule has 2 rings (SSSR count). The van der Waals surface area contributed by atoms with Crippen LogP contribution in [0.1, 0.15) is 53.4 Å². The highest BCUT2D eigenvalue weighted by Gasteiger charge is 2.52. The normalized spacial score (nSPS) is 36.2. The Balaban J connectivity index is 2.39. The van der Waals surface area contributed by atoms with Crippen LogP contribution in [0.4, 0.5) is 0 Å². The Labute approximate surface area is 217 Å². The summed E-state index contributed by atoms with van der Waals surface area (Å²) in [6.07, 6.45) is -6.47. The van der Waals surface area contributed by atoms with Crippen LogP contribution in [0, 0.1) is 0 Å². The number of amides is 2. The molecule has 2 saturated heterocycles. The monoisotopic (exact) mass is 536 g/mol. The minimum atomic E-state index is -1.51. The van der Waals surface area contributed by atoms with Crippen molar-refractivity contribution >= 4 is 11.8 Å². The molecule has 2 fully saturated rings. The molecule has 0 saturated carbocycles. The summed E-state index contributed by atoms with van der Waals surface area (Å²) in [6, 6.07) is -2.20. The van der Waals surface area contributed by atoms with E-state index in [0.29, 0.717) is 19.6 Å². The summed E-state index contributed by atoms with van der Waals surface area (Å²) in [5.41, 5.74) is 0. The SMILES string of the molecule is CCCCOCC1OC(O)[C@@H](NC(C)=O)[C@@H](OCCCC)C1O[C@@H]1O[C@@H](CO)C(O)C(O)C1NC(C)=O. The van der Waals surface area contributed by atoms with Crippen molar-refractivity contribution in [3.05, 3.63) is 0 Å². The number of hydrogen-bond acceptors (Lipinski definition) is 11. The Morgan fingerprint density at radius 2 is 1.46 bits per heavy atom. The quantitative estimate of drug-likeness (QED) is 0.143. The number of carbonyl (C=O) groups excluding carboxylic acids is 2. The number of rotatable bonds is 14. The first-order valence-corrected chi connectivity index (χ1v) is 13.0. The number of carbonyl (C=O) groups is 2. The summed E-state index contributed by atoms with van der Waals surface area (Å²) < 4.78 is 29.6. The third kappa shape index (κ3) is 9.08. The molecule has 10 atom stereocenters. The Kier molecular flexibility index (Phi) is 13.6. The van der Waals surface area contributed by atoms with Gasteiger partial charge in [0.1, 0.15) is 48.7 Å². The van der Waals surface area contributed by atoms with Gasteiger partial charge < -0.3 is 54.7 Å². The predicted molar refractivity (Wildman–Crippen MR) is 129 cm³/mol. The van der Waals surface area contributed by atoms with Crippen molar-refractivity contribution in [2.24, 2.45) is 0 Å². The molecule has 13 heteroatoms. The Bertz CT molecular complexity index is 700. The van der Waals surface area contributed by atoms with E-state index < -0.39 is 79.7 Å². The number of ether oxygens (including phenoxy) is 5. The standard InChI is InChI=1S/C24H44N2O11/c1-5-7-9-33-12-16-21(22(34-10-8-6-2)18(23(32)35-16)26-14(4)29)37-24-17(25-13(3)28)20(31)19(30)15(11-27)36-24/h15-24,27,30-32H,5-12H2,1-4H3,(H,25,28)(H,26,29)/t15-,16?,17?,18-,19?,20?,21?,22+,23?,24-/m0/s1. The van der Waals surface area contributed by atoms with E-state index in [1.807, 2.05) is 13.8 Å². The van der Waals surface area contributed by atoms with Crippen LogP contribution >= 0.6 is 0 Å². The highest BCUT2D eigenvalue weighted by atomic mass is 16.7. The van der Waals surface area contributed by atoms with E-state index in [0.717, 1.165) is 19.3 Å². The molecule has 0 aliphatic carbocycles. The highest BCUT2D eigenvalue weighted by molar-refractivity contribution is 5.73. The maximum atomic E-state index is 11.9. The van der Waals surface area contributed by atoms with Crippen LogP contribution in [0.15, 0.2) is 0 Å². The fourth-order valence-corrected chi connectivity index (χ4v) is 4.36. The number of aliphatic hydroxyl groups is 4. The molecular formula is C24H44N2O11. The maximum absolute atomic E-state index is 11.9. The fourth-order valence-electron chi connectivity index (χ4n) is 4.36. The molecule has 0 bridgehead atoms. The van der Waals surface area contributed by atoms with Gasteiger partial charge in [0.15, 0.2) is 12.6 Å². The average molecular weight is 537 g/mol. The zero-order valence-corrected chi connectivity index (χ0v) is 22.1. The van der Waals surface area contributed by atoms with Crippen molar-refractivity contribution in [3.63, 3.8) is 0 Å². The van der Waals surface area contributed by atoms with Gasteiger partial charge in [-0.15, -0.1) is 0 Å². The summed E-state index contributed by atoms with van der Waals surface area (Å²) in [4.78, 5) is 23.8. The lowest BCUT2D eigenvalue weighted by molar-refractivity contribution is -0.332. The van der Waals surface area contributed by atoms with Gasteiger partial charge in [-0.2, -0.15) is 0 Å². The van der Waals surface area contributed by atoms with Gasteiger partial charge in [-0.05, 0) is 12.8 Å². The van der Waals surface area contributed by atoms with Crippen molar-refractivity contribution in [3.8, 4) is 0 Å². The van der Waals surface area contributed by atoms with E-state index in [4.69, 9.17) is 23.7 Å². The lowest BCUT2D eigenvalue weighted by Crippen LogP contribution is -2.69. The van der Waals surface area contributed by atoms with Gasteiger partial charge in [0.25, 0.3) is 0 Å². The first-order valence-electron chi connectivity index (χ1n) is 13.0. The summed E-state index contributed by atoms with van der Waals surface area (Å²) in [5.74, 6) is -0.922. The average Bonchev–Trinajstić information content (AvgIpc) is 2.84. The molecule has 2 aliphatic heterocycles. The van der Waals surface area contributed by atoms with Crippen molar-refractivity contribution < 1.29 is 53.7 Å². The third-order valence-corrected chi connectivity index (χ3v) is 6.31. The summed E-state index contributed by atoms with van der Waals surface area (Å²) in [7, 11) is 0. The van der Waals surface area contributed by atoms with Crippen molar-refractivity contribution in [2.45, 2.75) is 115 Å². The first-order chi connectivity index (χ1) is 17.6. The van der Waals surface area contributed by atoms with Crippen molar-refractivity contribution in [1.82, 2.24) is 10.6 Å². The number of nitrogens with one attached hydrogen (secondary N) is 2. The minimum Gasteiger partial charge on any atom is -0.394 e. The zero-order valence-electron chi connectivity index (χ0n) is 22.1. The molecule has 37 heavy (non-hydrogen) atoms. The lowest BCUT2D eigenvalue weighted by Gasteiger charge is -2.48. The molecule has 0 aromatic heterocycles. The van der Waals surface area contributed by atoms with Crippen molar-refractivity contribution in [2.75, 3.05) is 26.4 Å². The smallest absolute Gasteiger partial charge is 0.217 e. The molecule has 13 nitrogen and oxygen atoms in total. The van der Waals surface area contributed by atoms with E-state index in [2.05, 4.69) is 10.6 Å². The topological polar surface area (TPSA) is 185 Å². The minimum absolute atomic E-state index is 0.0221. The molecule has 0 spiro atoms. The molecule has 2 aliphatic rings. The van der Waals surface area contributed by atoms with E-state index in [-0.39, 0.29) is 6.61 Å². The van der Waals surface area contributed by atoms with E-state index >= 15 is 0 Å². The number of aliphatic hydroxyl groups excluding tert-OH is 4. The van der Waals surface area contributed by atoms with Crippen LogP contribution in [0.3, 0.4) is 0 Å². The second kappa shape index (κ2) is 15.9.